The molecule has 0 aromatic heterocycles. The maximum atomic E-state index is 13.4. The molecule has 1 heterocycles. The van der Waals surface area contributed by atoms with Gasteiger partial charge in [0, 0.05) is 42.1 Å². The van der Waals surface area contributed by atoms with Crippen molar-refractivity contribution >= 4 is 22.9 Å². The second-order valence-corrected chi connectivity index (χ2v) is 7.97. The molecular formula is C24H29N3O4. The summed E-state index contributed by atoms with van der Waals surface area (Å²) in [4.78, 5) is 28.9. The highest BCUT2D eigenvalue weighted by atomic mass is 16.6. The van der Waals surface area contributed by atoms with Gasteiger partial charge >= 0.3 is 0 Å². The largest absolute Gasteiger partial charge is 0.390 e. The molecule has 0 bridgehead atoms. The number of anilines is 2. The molecule has 0 amide bonds. The van der Waals surface area contributed by atoms with E-state index in [2.05, 4.69) is 29.4 Å². The summed E-state index contributed by atoms with van der Waals surface area (Å²) in [6.45, 7) is 7.95. The van der Waals surface area contributed by atoms with E-state index in [1.165, 1.54) is 0 Å². The van der Waals surface area contributed by atoms with Crippen LogP contribution in [0.3, 0.4) is 0 Å². The van der Waals surface area contributed by atoms with E-state index in [9.17, 15) is 14.7 Å². The summed E-state index contributed by atoms with van der Waals surface area (Å²) >= 11 is 0. The third-order valence-electron chi connectivity index (χ3n) is 5.89. The summed E-state index contributed by atoms with van der Waals surface area (Å²) < 4.78 is 5.26. The number of aliphatic hydroxyl groups excluding tert-OH is 1. The number of nitrogens with zero attached hydrogens (tertiary/aromatic N) is 1. The number of hydrogen-bond acceptors (Lipinski definition) is 7. The van der Waals surface area contributed by atoms with Crippen molar-refractivity contribution in [3.63, 3.8) is 0 Å². The molecule has 1 fully saturated rings. The molecule has 2 atom stereocenters. The topological polar surface area (TPSA) is 94.2 Å². The number of ether oxygens (including phenoxy) is 1. The molecule has 4 rings (SSSR count). The van der Waals surface area contributed by atoms with Crippen molar-refractivity contribution < 1.29 is 19.4 Å². The van der Waals surface area contributed by atoms with Crippen LogP contribution in [-0.2, 0) is 4.74 Å². The van der Waals surface area contributed by atoms with E-state index < -0.39 is 6.10 Å². The quantitative estimate of drug-likeness (QED) is 0.431. The highest BCUT2D eigenvalue weighted by Crippen LogP contribution is 2.36. The fourth-order valence-electron chi connectivity index (χ4n) is 4.00. The average Bonchev–Trinajstić information content (AvgIpc) is 3.62. The summed E-state index contributed by atoms with van der Waals surface area (Å²) in [7, 11) is 0. The summed E-state index contributed by atoms with van der Waals surface area (Å²) in [5.74, 6) is -0.353. The molecule has 1 aliphatic carbocycles. The molecule has 0 saturated carbocycles. The van der Waals surface area contributed by atoms with Crippen LogP contribution < -0.4 is 10.6 Å². The Balaban J connectivity index is 1.64. The van der Waals surface area contributed by atoms with E-state index in [-0.39, 0.29) is 24.2 Å². The van der Waals surface area contributed by atoms with E-state index in [0.717, 1.165) is 13.1 Å². The Morgan fingerprint density at radius 1 is 1.00 bits per heavy atom. The standard InChI is InChI=1S/C24H29N3O4/c1-3-27(4-2)13-15(28)11-25-19-9-10-20(26-12-16-14-31-16)22-21(19)23(29)17-7-5-6-8-18(17)24(22)30/h5-10,15-16,25-26,28H,3-4,11-14H2,1-2H3/t15-,16+/m0/s1. The average molecular weight is 424 g/mol. The number of carbonyl (C=O) groups is 2. The van der Waals surface area contributed by atoms with Crippen LogP contribution in [0.2, 0.25) is 0 Å². The number of hydrogen-bond donors (Lipinski definition) is 3. The number of aliphatic hydroxyl groups is 1. The monoisotopic (exact) mass is 423 g/mol. The Bertz CT molecular complexity index is 983. The highest BCUT2D eigenvalue weighted by Gasteiger charge is 2.34. The zero-order valence-electron chi connectivity index (χ0n) is 18.0. The van der Waals surface area contributed by atoms with Crippen LogP contribution in [0.4, 0.5) is 11.4 Å². The molecule has 0 radical (unpaired) electrons. The first-order valence-electron chi connectivity index (χ1n) is 10.9. The second-order valence-electron chi connectivity index (χ2n) is 7.97. The predicted octanol–water partition coefficient (Wildman–Crippen LogP) is 2.39. The Morgan fingerprint density at radius 3 is 2.06 bits per heavy atom. The van der Waals surface area contributed by atoms with Crippen molar-refractivity contribution in [3.8, 4) is 0 Å². The van der Waals surface area contributed by atoms with Crippen LogP contribution in [0.1, 0.15) is 45.7 Å². The van der Waals surface area contributed by atoms with Gasteiger partial charge in [-0.15, -0.1) is 0 Å². The van der Waals surface area contributed by atoms with Gasteiger partial charge in [-0.1, -0.05) is 38.1 Å². The van der Waals surface area contributed by atoms with Gasteiger partial charge in [0.25, 0.3) is 0 Å². The third kappa shape index (κ3) is 4.49. The molecule has 2 aliphatic rings. The molecule has 0 spiro atoms. The number of benzene rings is 2. The number of rotatable bonds is 10. The van der Waals surface area contributed by atoms with E-state index in [1.807, 2.05) is 6.07 Å². The molecule has 3 N–H and O–H groups in total. The molecule has 1 aliphatic heterocycles. The van der Waals surface area contributed by atoms with Gasteiger partial charge < -0.3 is 25.4 Å². The van der Waals surface area contributed by atoms with E-state index in [1.54, 1.807) is 30.3 Å². The van der Waals surface area contributed by atoms with Crippen molar-refractivity contribution in [1.82, 2.24) is 4.90 Å². The molecule has 7 nitrogen and oxygen atoms in total. The maximum absolute atomic E-state index is 13.4. The van der Waals surface area contributed by atoms with Crippen molar-refractivity contribution in [2.75, 3.05) is 50.0 Å². The molecule has 2 aromatic rings. The number of carbonyl (C=O) groups excluding carboxylic acids is 2. The van der Waals surface area contributed by atoms with Crippen LogP contribution in [0, 0.1) is 0 Å². The Labute approximate surface area is 182 Å². The number of ketones is 2. The predicted molar refractivity (Wildman–Crippen MR) is 120 cm³/mol. The van der Waals surface area contributed by atoms with Crippen LogP contribution in [0.25, 0.3) is 0 Å². The summed E-state index contributed by atoms with van der Waals surface area (Å²) in [6, 6.07) is 10.5. The molecule has 2 aromatic carbocycles. The van der Waals surface area contributed by atoms with Crippen molar-refractivity contribution in [2.45, 2.75) is 26.1 Å². The van der Waals surface area contributed by atoms with E-state index in [4.69, 9.17) is 4.74 Å². The molecule has 7 heteroatoms. The van der Waals surface area contributed by atoms with Gasteiger partial charge in [0.15, 0.2) is 11.6 Å². The van der Waals surface area contributed by atoms with Gasteiger partial charge in [0.05, 0.1) is 29.9 Å². The van der Waals surface area contributed by atoms with Crippen molar-refractivity contribution in [2.24, 2.45) is 0 Å². The molecule has 0 unspecified atom stereocenters. The van der Waals surface area contributed by atoms with Crippen LogP contribution in [0.5, 0.6) is 0 Å². The first-order chi connectivity index (χ1) is 15.0. The van der Waals surface area contributed by atoms with Gasteiger partial charge in [0.1, 0.15) is 0 Å². The lowest BCUT2D eigenvalue weighted by Crippen LogP contribution is -2.36. The van der Waals surface area contributed by atoms with Crippen LogP contribution in [0.15, 0.2) is 36.4 Å². The maximum Gasteiger partial charge on any atom is 0.196 e. The minimum atomic E-state index is -0.595. The zero-order valence-corrected chi connectivity index (χ0v) is 18.0. The van der Waals surface area contributed by atoms with E-state index >= 15 is 0 Å². The summed E-state index contributed by atoms with van der Waals surface area (Å²) in [5.41, 5.74) is 2.77. The van der Waals surface area contributed by atoms with Crippen LogP contribution >= 0.6 is 0 Å². The van der Waals surface area contributed by atoms with Crippen LogP contribution in [-0.4, -0.2) is 73.1 Å². The fraction of sp³-hybridized carbons (Fsp3) is 0.417. The van der Waals surface area contributed by atoms with Crippen molar-refractivity contribution in [3.05, 3.63) is 58.7 Å². The molecule has 164 valence electrons. The van der Waals surface area contributed by atoms with Gasteiger partial charge in [-0.2, -0.15) is 0 Å². The summed E-state index contributed by atoms with van der Waals surface area (Å²) in [6.07, 6.45) is -0.451. The van der Waals surface area contributed by atoms with Gasteiger partial charge in [-0.3, -0.25) is 9.59 Å². The van der Waals surface area contributed by atoms with Gasteiger partial charge in [0.2, 0.25) is 0 Å². The minimum absolute atomic E-state index is 0.144. The lowest BCUT2D eigenvalue weighted by Gasteiger charge is -2.25. The smallest absolute Gasteiger partial charge is 0.196 e. The lowest BCUT2D eigenvalue weighted by molar-refractivity contribution is 0.0980. The Morgan fingerprint density at radius 2 is 1.55 bits per heavy atom. The number of nitrogens with one attached hydrogen (secondary N) is 2. The first kappa shape index (κ1) is 21.5. The summed E-state index contributed by atoms with van der Waals surface area (Å²) in [5, 5.41) is 16.9. The molecule has 1 saturated heterocycles. The molecular weight excluding hydrogens is 394 g/mol. The van der Waals surface area contributed by atoms with E-state index in [0.29, 0.717) is 53.3 Å². The normalized spacial score (nSPS) is 17.9. The fourth-order valence-corrected chi connectivity index (χ4v) is 4.00. The third-order valence-corrected chi connectivity index (χ3v) is 5.89. The number of epoxide rings is 1. The van der Waals surface area contributed by atoms with Gasteiger partial charge in [-0.25, -0.2) is 0 Å². The number of fused-ring (bicyclic) bond motifs is 2. The SMILES string of the molecule is CCN(CC)C[C@@H](O)CNc1ccc(NC[C@@H]2CO2)c2c1C(=O)c1ccccc1C2=O. The Kier molecular flexibility index (Phi) is 6.36. The molecule has 31 heavy (non-hydrogen) atoms. The number of likely N-dealkylation sites (N-methyl/N-ethyl adjacent to an activating group) is 1. The minimum Gasteiger partial charge on any atom is -0.390 e. The first-order valence-corrected chi connectivity index (χ1v) is 10.9. The Hall–Kier alpha value is -2.74. The highest BCUT2D eigenvalue weighted by molar-refractivity contribution is 6.31. The lowest BCUT2D eigenvalue weighted by atomic mass is 9.82. The van der Waals surface area contributed by atoms with Crippen molar-refractivity contribution in [1.29, 1.82) is 0 Å². The van der Waals surface area contributed by atoms with Gasteiger partial charge in [-0.05, 0) is 25.2 Å². The zero-order chi connectivity index (χ0) is 22.0. The second kappa shape index (κ2) is 9.18.